The van der Waals surface area contributed by atoms with Crippen molar-refractivity contribution in [2.75, 3.05) is 41.0 Å². The van der Waals surface area contributed by atoms with Gasteiger partial charge in [-0.25, -0.2) is 0 Å². The third-order valence-electron chi connectivity index (χ3n) is 9.25. The van der Waals surface area contributed by atoms with Crippen molar-refractivity contribution in [2.45, 2.75) is 44.2 Å². The first-order valence-electron chi connectivity index (χ1n) is 16.0. The minimum absolute atomic E-state index is 0.0197. The number of pyridine rings is 1. The quantitative estimate of drug-likeness (QED) is 0.218. The number of ether oxygens (including phenoxy) is 4. The van der Waals surface area contributed by atoms with Gasteiger partial charge in [0.05, 0.1) is 46.8 Å². The molecule has 2 aliphatic rings. The number of carbonyl (C=O) groups is 1. The molecule has 252 valence electrons. The van der Waals surface area contributed by atoms with Gasteiger partial charge in [-0.15, -0.1) is 0 Å². The first-order valence-corrected chi connectivity index (χ1v) is 16.0. The zero-order valence-corrected chi connectivity index (χ0v) is 27.3. The van der Waals surface area contributed by atoms with Gasteiger partial charge in [-0.1, -0.05) is 24.3 Å². The van der Waals surface area contributed by atoms with E-state index in [1.54, 1.807) is 37.4 Å². The molecule has 0 unspecified atom stereocenters. The lowest BCUT2D eigenvalue weighted by molar-refractivity contribution is -0.140. The number of hydrogen-bond acceptors (Lipinski definition) is 10. The molecule has 1 saturated heterocycles. The summed E-state index contributed by atoms with van der Waals surface area (Å²) in [5.41, 5.74) is 2.11. The van der Waals surface area contributed by atoms with Crippen LogP contribution in [0.15, 0.2) is 80.7 Å². The Morgan fingerprint density at radius 2 is 1.77 bits per heavy atom. The van der Waals surface area contributed by atoms with Gasteiger partial charge in [0.1, 0.15) is 11.5 Å². The van der Waals surface area contributed by atoms with Gasteiger partial charge in [0.15, 0.2) is 17.3 Å². The summed E-state index contributed by atoms with van der Waals surface area (Å²) in [5.74, 6) is 0.601. The highest BCUT2D eigenvalue weighted by molar-refractivity contribution is 5.71. The molecule has 11 heteroatoms. The lowest BCUT2D eigenvalue weighted by atomic mass is 9.83. The summed E-state index contributed by atoms with van der Waals surface area (Å²) in [4.78, 5) is 40.4. The molecule has 0 amide bonds. The maximum Gasteiger partial charge on any atom is 0.306 e. The number of piperidine rings is 1. The topological polar surface area (TPSA) is 130 Å². The van der Waals surface area contributed by atoms with E-state index in [0.29, 0.717) is 55.5 Å². The summed E-state index contributed by atoms with van der Waals surface area (Å²) in [5, 5.41) is 11.0. The summed E-state index contributed by atoms with van der Waals surface area (Å²) in [6.45, 7) is 2.81. The van der Waals surface area contributed by atoms with Crippen LogP contribution in [-0.2, 0) is 29.0 Å². The fraction of sp³-hybridized carbons (Fsp3) is 0.378. The Morgan fingerprint density at radius 1 is 0.958 bits per heavy atom. The van der Waals surface area contributed by atoms with Crippen LogP contribution in [0.4, 0.5) is 0 Å². The van der Waals surface area contributed by atoms with E-state index in [0.717, 1.165) is 30.0 Å². The number of aromatic hydroxyl groups is 1. The van der Waals surface area contributed by atoms with Crippen LogP contribution in [0.3, 0.4) is 0 Å². The van der Waals surface area contributed by atoms with Gasteiger partial charge in [0.2, 0.25) is 11.2 Å². The van der Waals surface area contributed by atoms with E-state index in [-0.39, 0.29) is 29.6 Å². The van der Waals surface area contributed by atoms with Crippen molar-refractivity contribution >= 4 is 5.97 Å². The second kappa shape index (κ2) is 14.4. The molecule has 0 spiro atoms. The molecule has 0 radical (unpaired) electrons. The van der Waals surface area contributed by atoms with Gasteiger partial charge in [-0.3, -0.25) is 19.3 Å². The monoisotopic (exact) mass is 656 g/mol. The number of fused-ring (bicyclic) bond motifs is 4. The molecule has 1 N–H and O–H groups in total. The van der Waals surface area contributed by atoms with Crippen LogP contribution in [0, 0.1) is 5.92 Å². The fourth-order valence-electron chi connectivity index (χ4n) is 6.92. The number of rotatable bonds is 12. The largest absolute Gasteiger partial charge is 0.502 e. The highest BCUT2D eigenvalue weighted by atomic mass is 16.5. The SMILES string of the molecule is COC(=O)C[C@@H](c1ccc(OCCc2ccc(OC)cc2)c(OC)c1)c1oc(CN2C[C@H]3C[C@@H](C2)c2cccc(=O)n2C3)cc(=O)c1O. The third-order valence-corrected chi connectivity index (χ3v) is 9.25. The molecule has 0 saturated carbocycles. The number of aromatic nitrogens is 1. The fourth-order valence-corrected chi connectivity index (χ4v) is 6.92. The predicted octanol–water partition coefficient (Wildman–Crippen LogP) is 4.46. The van der Waals surface area contributed by atoms with E-state index < -0.39 is 23.1 Å². The molecule has 0 aliphatic carbocycles. The van der Waals surface area contributed by atoms with Crippen molar-refractivity contribution in [1.29, 1.82) is 0 Å². The van der Waals surface area contributed by atoms with E-state index in [1.807, 2.05) is 34.9 Å². The number of hydrogen-bond donors (Lipinski definition) is 1. The summed E-state index contributed by atoms with van der Waals surface area (Å²) < 4.78 is 30.0. The Hall–Kier alpha value is -5.03. The lowest BCUT2D eigenvalue weighted by Gasteiger charge is -2.42. The molecular formula is C37H40N2O9. The van der Waals surface area contributed by atoms with Gasteiger partial charge in [-0.2, -0.15) is 0 Å². The molecule has 11 nitrogen and oxygen atoms in total. The Kier molecular flexibility index (Phi) is 9.86. The summed E-state index contributed by atoms with van der Waals surface area (Å²) in [6, 6.07) is 19.7. The highest BCUT2D eigenvalue weighted by Gasteiger charge is 2.35. The third kappa shape index (κ3) is 7.11. The van der Waals surface area contributed by atoms with E-state index in [4.69, 9.17) is 23.4 Å². The van der Waals surface area contributed by atoms with Gasteiger partial charge in [0, 0.05) is 49.8 Å². The highest BCUT2D eigenvalue weighted by Crippen LogP contribution is 2.39. The van der Waals surface area contributed by atoms with Crippen molar-refractivity contribution in [3.63, 3.8) is 0 Å². The van der Waals surface area contributed by atoms with Crippen molar-refractivity contribution in [3.8, 4) is 23.0 Å². The van der Waals surface area contributed by atoms with Crippen LogP contribution in [0.1, 0.15) is 53.0 Å². The van der Waals surface area contributed by atoms with Crippen LogP contribution in [0.25, 0.3) is 0 Å². The molecule has 3 atom stereocenters. The normalized spacial score (nSPS) is 17.6. The second-order valence-corrected chi connectivity index (χ2v) is 12.4. The molecular weight excluding hydrogens is 616 g/mol. The molecule has 1 fully saturated rings. The van der Waals surface area contributed by atoms with Crippen molar-refractivity contribution < 1.29 is 33.3 Å². The smallest absolute Gasteiger partial charge is 0.306 e. The maximum absolute atomic E-state index is 13.1. The Bertz CT molecular complexity index is 1880. The molecule has 4 aromatic rings. The summed E-state index contributed by atoms with van der Waals surface area (Å²) in [6.07, 6.45) is 1.47. The predicted molar refractivity (Wildman–Crippen MR) is 177 cm³/mol. The van der Waals surface area contributed by atoms with Gasteiger partial charge in [-0.05, 0) is 53.8 Å². The van der Waals surface area contributed by atoms with Crippen molar-refractivity contribution in [2.24, 2.45) is 5.92 Å². The zero-order valence-electron chi connectivity index (χ0n) is 27.3. The molecule has 48 heavy (non-hydrogen) atoms. The summed E-state index contributed by atoms with van der Waals surface area (Å²) >= 11 is 0. The molecule has 2 aliphatic heterocycles. The van der Waals surface area contributed by atoms with Crippen LogP contribution in [-0.4, -0.2) is 61.6 Å². The average molecular weight is 657 g/mol. The maximum atomic E-state index is 13.1. The van der Waals surface area contributed by atoms with Gasteiger partial charge < -0.3 is 33.0 Å². The van der Waals surface area contributed by atoms with Crippen molar-refractivity contribution in [3.05, 3.63) is 116 Å². The van der Waals surface area contributed by atoms with Crippen LogP contribution >= 0.6 is 0 Å². The molecule has 2 aromatic heterocycles. The number of benzene rings is 2. The molecule has 2 aromatic carbocycles. The minimum atomic E-state index is -0.841. The zero-order chi connectivity index (χ0) is 33.8. The van der Waals surface area contributed by atoms with Crippen LogP contribution < -0.4 is 25.2 Å². The first-order chi connectivity index (χ1) is 23.3. The van der Waals surface area contributed by atoms with Crippen LogP contribution in [0.5, 0.6) is 23.0 Å². The van der Waals surface area contributed by atoms with Gasteiger partial charge >= 0.3 is 5.97 Å². The van der Waals surface area contributed by atoms with Gasteiger partial charge in [0.25, 0.3) is 5.56 Å². The average Bonchev–Trinajstić information content (AvgIpc) is 3.09. The Morgan fingerprint density at radius 3 is 2.52 bits per heavy atom. The number of carbonyl (C=O) groups excluding carboxylic acids is 1. The number of likely N-dealkylation sites (tertiary alicyclic amines) is 1. The molecule has 6 rings (SSSR count). The van der Waals surface area contributed by atoms with E-state index >= 15 is 0 Å². The van der Waals surface area contributed by atoms with E-state index in [1.165, 1.54) is 20.3 Å². The number of nitrogens with zero attached hydrogens (tertiary/aromatic N) is 2. The minimum Gasteiger partial charge on any atom is -0.502 e. The van der Waals surface area contributed by atoms with Crippen molar-refractivity contribution in [1.82, 2.24) is 9.47 Å². The first kappa shape index (κ1) is 32.9. The Balaban J connectivity index is 1.23. The van der Waals surface area contributed by atoms with E-state index in [2.05, 4.69) is 4.90 Å². The number of methoxy groups -OCH3 is 3. The second-order valence-electron chi connectivity index (χ2n) is 12.4. The van der Waals surface area contributed by atoms with E-state index in [9.17, 15) is 19.5 Å². The summed E-state index contributed by atoms with van der Waals surface area (Å²) in [7, 11) is 4.43. The molecule has 4 heterocycles. The Labute approximate surface area is 278 Å². The molecule has 2 bridgehead atoms. The lowest BCUT2D eigenvalue weighted by Crippen LogP contribution is -2.46. The standard InChI is InChI=1S/C37H40N2O9/c1-44-27-10-7-23(8-11-27)13-14-47-32-12-9-25(16-33(32)45-2)29(18-35(42)46-3)37-36(43)31(40)17-28(48-37)22-38-19-24-15-26(21-38)30-5-4-6-34(41)39(30)20-24/h4-12,16-17,24,26,29,43H,13-15,18-22H2,1-3H3/t24-,26+,29+/m1/s1. The van der Waals surface area contributed by atoms with Crippen LogP contribution in [0.2, 0.25) is 0 Å². The number of esters is 1.